The summed E-state index contributed by atoms with van der Waals surface area (Å²) in [6.45, 7) is 1.68. The number of aryl methyl sites for hydroxylation is 1. The van der Waals surface area contributed by atoms with Gasteiger partial charge in [0.05, 0.1) is 17.4 Å². The molecule has 0 atom stereocenters. The number of anilines is 1. The molecule has 5 rings (SSSR count). The zero-order valence-corrected chi connectivity index (χ0v) is 17.9. The van der Waals surface area contributed by atoms with Gasteiger partial charge in [-0.25, -0.2) is 4.68 Å². The molecule has 1 aromatic heterocycles. The number of carbonyl (C=O) groups excluding carboxylic acids is 1. The van der Waals surface area contributed by atoms with Crippen LogP contribution in [0.4, 0.5) is 18.9 Å². The highest BCUT2D eigenvalue weighted by atomic mass is 19.4. The van der Waals surface area contributed by atoms with Gasteiger partial charge in [-0.15, -0.1) is 0 Å². The summed E-state index contributed by atoms with van der Waals surface area (Å²) in [7, 11) is 0. The number of amides is 1. The van der Waals surface area contributed by atoms with Gasteiger partial charge in [-0.2, -0.15) is 18.3 Å². The molecule has 0 saturated heterocycles. The van der Waals surface area contributed by atoms with E-state index in [2.05, 4.69) is 10.4 Å². The van der Waals surface area contributed by atoms with Gasteiger partial charge in [-0.3, -0.25) is 4.79 Å². The standard InChI is InChI=1S/C24H22F3N3O3/c1-15-7-3-4-8-18(15)30-21(24(25,26)27)17(14-28-30)22(31)29-16-9-10-19-20(13-16)33-23(32-19)11-5-2-6-12-23/h3-4,7-10,13-14H,2,5-6,11-12H2,1H3,(H,29,31). The third-order valence-electron chi connectivity index (χ3n) is 6.03. The Morgan fingerprint density at radius 3 is 2.52 bits per heavy atom. The molecule has 33 heavy (non-hydrogen) atoms. The Bertz CT molecular complexity index is 1210. The molecule has 172 valence electrons. The van der Waals surface area contributed by atoms with E-state index in [1.54, 1.807) is 43.3 Å². The van der Waals surface area contributed by atoms with Gasteiger partial charge in [0.2, 0.25) is 0 Å². The quantitative estimate of drug-likeness (QED) is 0.533. The van der Waals surface area contributed by atoms with Gasteiger partial charge >= 0.3 is 6.18 Å². The third-order valence-corrected chi connectivity index (χ3v) is 6.03. The molecule has 1 N–H and O–H groups in total. The van der Waals surface area contributed by atoms with Crippen molar-refractivity contribution in [2.45, 2.75) is 51.0 Å². The number of hydrogen-bond acceptors (Lipinski definition) is 4. The Hall–Kier alpha value is -3.49. The van der Waals surface area contributed by atoms with Crippen LogP contribution in [0.5, 0.6) is 11.5 Å². The molecule has 2 heterocycles. The summed E-state index contributed by atoms with van der Waals surface area (Å²) in [5.74, 6) is -0.547. The number of benzene rings is 2. The Morgan fingerprint density at radius 2 is 1.79 bits per heavy atom. The van der Waals surface area contributed by atoms with Crippen molar-refractivity contribution in [2.24, 2.45) is 0 Å². The molecule has 0 bridgehead atoms. The molecule has 2 aliphatic rings. The number of carbonyl (C=O) groups is 1. The van der Waals surface area contributed by atoms with Crippen LogP contribution in [0.15, 0.2) is 48.7 Å². The monoisotopic (exact) mass is 457 g/mol. The van der Waals surface area contributed by atoms with E-state index in [4.69, 9.17) is 9.47 Å². The molecule has 0 unspecified atom stereocenters. The smallest absolute Gasteiger partial charge is 0.434 e. The maximum atomic E-state index is 14.0. The summed E-state index contributed by atoms with van der Waals surface area (Å²) < 4.78 is 54.7. The molecule has 1 aliphatic heterocycles. The molecular formula is C24H22F3N3O3. The molecule has 1 spiro atoms. The van der Waals surface area contributed by atoms with Crippen molar-refractivity contribution >= 4 is 11.6 Å². The molecule has 1 aliphatic carbocycles. The summed E-state index contributed by atoms with van der Waals surface area (Å²) in [6.07, 6.45) is 0.838. The van der Waals surface area contributed by atoms with Gasteiger partial charge in [0.15, 0.2) is 17.2 Å². The highest BCUT2D eigenvalue weighted by molar-refractivity contribution is 6.05. The van der Waals surface area contributed by atoms with Crippen molar-refractivity contribution in [1.82, 2.24) is 9.78 Å². The first-order valence-electron chi connectivity index (χ1n) is 10.8. The Labute approximate surface area is 188 Å². The van der Waals surface area contributed by atoms with Gasteiger partial charge in [0.1, 0.15) is 0 Å². The molecule has 9 heteroatoms. The van der Waals surface area contributed by atoms with E-state index in [0.29, 0.717) is 22.7 Å². The molecular weight excluding hydrogens is 435 g/mol. The number of nitrogens with zero attached hydrogens (tertiary/aromatic N) is 2. The fourth-order valence-electron chi connectivity index (χ4n) is 4.44. The topological polar surface area (TPSA) is 65.4 Å². The summed E-state index contributed by atoms with van der Waals surface area (Å²) in [4.78, 5) is 12.9. The van der Waals surface area contributed by atoms with E-state index in [1.165, 1.54) is 6.07 Å². The van der Waals surface area contributed by atoms with Crippen molar-refractivity contribution in [3.8, 4) is 17.2 Å². The first kappa shape index (κ1) is 21.4. The van der Waals surface area contributed by atoms with E-state index < -0.39 is 29.1 Å². The second-order valence-corrected chi connectivity index (χ2v) is 8.39. The van der Waals surface area contributed by atoms with Crippen LogP contribution < -0.4 is 14.8 Å². The number of halogens is 3. The van der Waals surface area contributed by atoms with Crippen molar-refractivity contribution in [1.29, 1.82) is 0 Å². The predicted molar refractivity (Wildman–Crippen MR) is 115 cm³/mol. The van der Waals surface area contributed by atoms with Gasteiger partial charge in [-0.05, 0) is 43.5 Å². The van der Waals surface area contributed by atoms with Crippen LogP contribution in [0.25, 0.3) is 5.69 Å². The second-order valence-electron chi connectivity index (χ2n) is 8.39. The first-order chi connectivity index (χ1) is 15.8. The van der Waals surface area contributed by atoms with E-state index >= 15 is 0 Å². The highest BCUT2D eigenvalue weighted by Crippen LogP contribution is 2.46. The van der Waals surface area contributed by atoms with Gasteiger partial charge < -0.3 is 14.8 Å². The summed E-state index contributed by atoms with van der Waals surface area (Å²) in [6, 6.07) is 11.4. The number of para-hydroxylation sites is 1. The Morgan fingerprint density at radius 1 is 1.06 bits per heavy atom. The van der Waals surface area contributed by atoms with Crippen molar-refractivity contribution < 1.29 is 27.4 Å². The Kier molecular flexibility index (Phi) is 5.07. The van der Waals surface area contributed by atoms with Gasteiger partial charge in [0, 0.05) is 24.6 Å². The van der Waals surface area contributed by atoms with E-state index in [9.17, 15) is 18.0 Å². The van der Waals surface area contributed by atoms with Crippen molar-refractivity contribution in [3.05, 3.63) is 65.5 Å². The zero-order chi connectivity index (χ0) is 23.2. The lowest BCUT2D eigenvalue weighted by Crippen LogP contribution is -2.40. The first-order valence-corrected chi connectivity index (χ1v) is 10.8. The average molecular weight is 457 g/mol. The molecule has 6 nitrogen and oxygen atoms in total. The van der Waals surface area contributed by atoms with Crippen LogP contribution in [0.1, 0.15) is 53.7 Å². The summed E-state index contributed by atoms with van der Waals surface area (Å²) >= 11 is 0. The van der Waals surface area contributed by atoms with E-state index in [-0.39, 0.29) is 5.69 Å². The molecule has 0 radical (unpaired) electrons. The third kappa shape index (κ3) is 3.92. The predicted octanol–water partition coefficient (Wildman–Crippen LogP) is 5.88. The highest BCUT2D eigenvalue weighted by Gasteiger charge is 2.43. The number of fused-ring (bicyclic) bond motifs is 1. The minimum atomic E-state index is -4.78. The van der Waals surface area contributed by atoms with Crippen LogP contribution in [-0.4, -0.2) is 21.5 Å². The number of ether oxygens (including phenoxy) is 2. The van der Waals surface area contributed by atoms with E-state index in [1.807, 2.05) is 0 Å². The largest absolute Gasteiger partial charge is 0.448 e. The van der Waals surface area contributed by atoms with Crippen LogP contribution in [0.3, 0.4) is 0 Å². The minimum Gasteiger partial charge on any atom is -0.448 e. The molecule has 1 saturated carbocycles. The van der Waals surface area contributed by atoms with Crippen LogP contribution in [0, 0.1) is 6.92 Å². The zero-order valence-electron chi connectivity index (χ0n) is 17.9. The average Bonchev–Trinajstić information content (AvgIpc) is 3.36. The van der Waals surface area contributed by atoms with Crippen molar-refractivity contribution in [3.63, 3.8) is 0 Å². The fraction of sp³-hybridized carbons (Fsp3) is 0.333. The maximum absolute atomic E-state index is 14.0. The molecule has 3 aromatic rings. The number of aromatic nitrogens is 2. The lowest BCUT2D eigenvalue weighted by molar-refractivity contribution is -0.143. The van der Waals surface area contributed by atoms with Crippen LogP contribution in [0.2, 0.25) is 0 Å². The number of hydrogen-bond donors (Lipinski definition) is 1. The van der Waals surface area contributed by atoms with Crippen LogP contribution >= 0.6 is 0 Å². The van der Waals surface area contributed by atoms with Gasteiger partial charge in [0.25, 0.3) is 11.7 Å². The van der Waals surface area contributed by atoms with E-state index in [0.717, 1.165) is 43.0 Å². The van der Waals surface area contributed by atoms with Crippen molar-refractivity contribution in [2.75, 3.05) is 5.32 Å². The lowest BCUT2D eigenvalue weighted by atomic mass is 9.94. The molecule has 1 fully saturated rings. The Balaban J connectivity index is 1.43. The van der Waals surface area contributed by atoms with Gasteiger partial charge in [-0.1, -0.05) is 24.6 Å². The number of rotatable bonds is 3. The summed E-state index contributed by atoms with van der Waals surface area (Å²) in [5.41, 5.74) is -0.523. The maximum Gasteiger partial charge on any atom is 0.434 e. The lowest BCUT2D eigenvalue weighted by Gasteiger charge is -2.31. The fourth-order valence-corrected chi connectivity index (χ4v) is 4.44. The summed E-state index contributed by atoms with van der Waals surface area (Å²) in [5, 5.41) is 6.43. The number of alkyl halides is 3. The SMILES string of the molecule is Cc1ccccc1-n1ncc(C(=O)Nc2ccc3c(c2)OC2(CCCCC2)O3)c1C(F)(F)F. The minimum absolute atomic E-state index is 0.254. The second kappa shape index (κ2) is 7.83. The molecule has 1 amide bonds. The normalized spacial score (nSPS) is 16.7. The number of nitrogens with one attached hydrogen (secondary N) is 1. The van der Waals surface area contributed by atoms with Crippen LogP contribution in [-0.2, 0) is 6.18 Å². The molecule has 2 aromatic carbocycles.